The molecular weight excluding hydrogens is 318 g/mol. The van der Waals surface area contributed by atoms with Crippen molar-refractivity contribution in [2.75, 3.05) is 33.3 Å². The van der Waals surface area contributed by atoms with E-state index in [1.807, 2.05) is 39.0 Å². The van der Waals surface area contributed by atoms with E-state index in [-0.39, 0.29) is 6.09 Å². The highest BCUT2D eigenvalue weighted by Crippen LogP contribution is 2.16. The van der Waals surface area contributed by atoms with Gasteiger partial charge in [0.1, 0.15) is 11.4 Å². The molecule has 0 fully saturated rings. The summed E-state index contributed by atoms with van der Waals surface area (Å²) in [5.41, 5.74) is 0.727. The molecule has 1 rings (SSSR count). The van der Waals surface area contributed by atoms with Crippen LogP contribution in [-0.2, 0) is 11.3 Å². The van der Waals surface area contributed by atoms with Gasteiger partial charge in [-0.05, 0) is 59.3 Å². The summed E-state index contributed by atoms with van der Waals surface area (Å²) in [6.07, 6.45) is 1.58. The number of hydrogen-bond acceptors (Lipinski definition) is 5. The van der Waals surface area contributed by atoms with Crippen molar-refractivity contribution >= 4 is 6.09 Å². The Balaban J connectivity index is 1.95. The van der Waals surface area contributed by atoms with Crippen molar-refractivity contribution in [3.05, 3.63) is 29.8 Å². The zero-order valence-corrected chi connectivity index (χ0v) is 16.0. The standard InChI is InChI=1S/C19H33N3O3/c1-19(2,3)25-18(23)22-14-8-12-20-11-7-13-21-15-16-9-5-6-10-17(16)24-4/h5-6,9-10,20-21H,7-8,11-15H2,1-4H3,(H,22,23). The molecule has 0 aliphatic rings. The van der Waals surface area contributed by atoms with Gasteiger partial charge in [0, 0.05) is 18.7 Å². The highest BCUT2D eigenvalue weighted by atomic mass is 16.6. The number of hydrogen-bond donors (Lipinski definition) is 3. The molecule has 25 heavy (non-hydrogen) atoms. The van der Waals surface area contributed by atoms with E-state index >= 15 is 0 Å². The van der Waals surface area contributed by atoms with E-state index in [9.17, 15) is 4.79 Å². The van der Waals surface area contributed by atoms with Gasteiger partial charge in [0.2, 0.25) is 0 Å². The van der Waals surface area contributed by atoms with E-state index < -0.39 is 5.60 Å². The second kappa shape index (κ2) is 11.7. The van der Waals surface area contributed by atoms with Crippen molar-refractivity contribution in [2.45, 2.75) is 45.8 Å². The fourth-order valence-corrected chi connectivity index (χ4v) is 2.25. The van der Waals surface area contributed by atoms with Crippen LogP contribution in [-0.4, -0.2) is 45.0 Å². The predicted octanol–water partition coefficient (Wildman–Crippen LogP) is 2.68. The van der Waals surface area contributed by atoms with Crippen molar-refractivity contribution in [3.8, 4) is 5.75 Å². The fraction of sp³-hybridized carbons (Fsp3) is 0.632. The number of rotatable bonds is 11. The number of benzene rings is 1. The molecule has 0 unspecified atom stereocenters. The quantitative estimate of drug-likeness (QED) is 0.535. The third kappa shape index (κ3) is 10.6. The van der Waals surface area contributed by atoms with Crippen LogP contribution in [0.3, 0.4) is 0 Å². The number of amides is 1. The first kappa shape index (κ1) is 21.3. The van der Waals surface area contributed by atoms with Gasteiger partial charge in [0.15, 0.2) is 0 Å². The predicted molar refractivity (Wildman–Crippen MR) is 101 cm³/mol. The maximum absolute atomic E-state index is 11.5. The molecule has 0 saturated carbocycles. The average Bonchev–Trinajstić information content (AvgIpc) is 2.55. The minimum Gasteiger partial charge on any atom is -0.496 e. The highest BCUT2D eigenvalue weighted by Gasteiger charge is 2.15. The lowest BCUT2D eigenvalue weighted by molar-refractivity contribution is 0.0527. The molecule has 0 aliphatic heterocycles. The smallest absolute Gasteiger partial charge is 0.407 e. The maximum Gasteiger partial charge on any atom is 0.407 e. The Labute approximate surface area is 151 Å². The van der Waals surface area contributed by atoms with Gasteiger partial charge in [-0.25, -0.2) is 4.79 Å². The van der Waals surface area contributed by atoms with Crippen molar-refractivity contribution < 1.29 is 14.3 Å². The SMILES string of the molecule is COc1ccccc1CNCCCNCCCNC(=O)OC(C)(C)C. The Morgan fingerprint density at radius 2 is 1.64 bits per heavy atom. The summed E-state index contributed by atoms with van der Waals surface area (Å²) in [6, 6.07) is 8.04. The molecule has 0 bridgehead atoms. The van der Waals surface area contributed by atoms with Gasteiger partial charge in [0.25, 0.3) is 0 Å². The number of ether oxygens (including phenoxy) is 2. The fourth-order valence-electron chi connectivity index (χ4n) is 2.25. The number of methoxy groups -OCH3 is 1. The number of nitrogens with one attached hydrogen (secondary N) is 3. The lowest BCUT2D eigenvalue weighted by Gasteiger charge is -2.19. The Morgan fingerprint density at radius 3 is 2.32 bits per heavy atom. The van der Waals surface area contributed by atoms with Gasteiger partial charge in [-0.15, -0.1) is 0 Å². The van der Waals surface area contributed by atoms with Crippen LogP contribution in [0.5, 0.6) is 5.75 Å². The van der Waals surface area contributed by atoms with Crippen LogP contribution in [0.1, 0.15) is 39.2 Å². The van der Waals surface area contributed by atoms with E-state index in [2.05, 4.69) is 22.0 Å². The Bertz CT molecular complexity index is 501. The van der Waals surface area contributed by atoms with Crippen LogP contribution in [0.25, 0.3) is 0 Å². The zero-order valence-electron chi connectivity index (χ0n) is 16.0. The largest absolute Gasteiger partial charge is 0.496 e. The topological polar surface area (TPSA) is 71.6 Å². The molecule has 6 heteroatoms. The summed E-state index contributed by atoms with van der Waals surface area (Å²) < 4.78 is 10.5. The maximum atomic E-state index is 11.5. The summed E-state index contributed by atoms with van der Waals surface area (Å²) in [5, 5.41) is 9.55. The molecule has 142 valence electrons. The van der Waals surface area contributed by atoms with E-state index in [1.165, 1.54) is 5.56 Å². The van der Waals surface area contributed by atoms with E-state index in [0.717, 1.165) is 44.8 Å². The third-order valence-corrected chi connectivity index (χ3v) is 3.41. The minimum absolute atomic E-state index is 0.354. The van der Waals surface area contributed by atoms with Gasteiger partial charge in [-0.1, -0.05) is 18.2 Å². The van der Waals surface area contributed by atoms with E-state index in [1.54, 1.807) is 7.11 Å². The normalized spacial score (nSPS) is 11.2. The number of para-hydroxylation sites is 1. The third-order valence-electron chi connectivity index (χ3n) is 3.41. The van der Waals surface area contributed by atoms with Crippen LogP contribution in [0.4, 0.5) is 4.79 Å². The highest BCUT2D eigenvalue weighted by molar-refractivity contribution is 5.67. The molecule has 6 nitrogen and oxygen atoms in total. The lowest BCUT2D eigenvalue weighted by Crippen LogP contribution is -2.34. The average molecular weight is 351 g/mol. The number of carbonyl (C=O) groups excluding carboxylic acids is 1. The Hall–Kier alpha value is -1.79. The monoisotopic (exact) mass is 351 g/mol. The number of carbonyl (C=O) groups is 1. The summed E-state index contributed by atoms with van der Waals surface area (Å²) in [6.45, 7) is 9.77. The molecule has 0 aromatic heterocycles. The molecule has 0 atom stereocenters. The Morgan fingerprint density at radius 1 is 1.00 bits per heavy atom. The van der Waals surface area contributed by atoms with Crippen molar-refractivity contribution in [1.29, 1.82) is 0 Å². The molecule has 0 aliphatic carbocycles. The summed E-state index contributed by atoms with van der Waals surface area (Å²) in [4.78, 5) is 11.5. The van der Waals surface area contributed by atoms with Gasteiger partial charge in [-0.2, -0.15) is 0 Å². The van der Waals surface area contributed by atoms with Gasteiger partial charge in [0.05, 0.1) is 7.11 Å². The van der Waals surface area contributed by atoms with Crippen LogP contribution in [0.2, 0.25) is 0 Å². The lowest BCUT2D eigenvalue weighted by atomic mass is 10.2. The van der Waals surface area contributed by atoms with Crippen molar-refractivity contribution in [3.63, 3.8) is 0 Å². The number of alkyl carbamates (subject to hydrolysis) is 1. The molecular formula is C19H33N3O3. The van der Waals surface area contributed by atoms with Crippen molar-refractivity contribution in [2.24, 2.45) is 0 Å². The van der Waals surface area contributed by atoms with E-state index in [0.29, 0.717) is 6.54 Å². The molecule has 1 amide bonds. The minimum atomic E-state index is -0.445. The van der Waals surface area contributed by atoms with E-state index in [4.69, 9.17) is 9.47 Å². The van der Waals surface area contributed by atoms with Crippen LogP contribution in [0, 0.1) is 0 Å². The first-order valence-electron chi connectivity index (χ1n) is 8.92. The molecule has 3 N–H and O–H groups in total. The Kier molecular flexibility index (Phi) is 9.96. The first-order chi connectivity index (χ1) is 11.9. The second-order valence-electron chi connectivity index (χ2n) is 6.87. The molecule has 0 spiro atoms. The first-order valence-corrected chi connectivity index (χ1v) is 8.92. The summed E-state index contributed by atoms with van der Waals surface area (Å²) in [5.74, 6) is 0.922. The molecule has 0 heterocycles. The molecule has 1 aromatic carbocycles. The van der Waals surface area contributed by atoms with Gasteiger partial charge in [-0.3, -0.25) is 0 Å². The van der Waals surface area contributed by atoms with Crippen LogP contribution >= 0.6 is 0 Å². The van der Waals surface area contributed by atoms with Crippen LogP contribution in [0.15, 0.2) is 24.3 Å². The zero-order chi connectivity index (χ0) is 18.5. The van der Waals surface area contributed by atoms with Gasteiger partial charge >= 0.3 is 6.09 Å². The summed E-state index contributed by atoms with van der Waals surface area (Å²) >= 11 is 0. The molecule has 0 saturated heterocycles. The molecule has 1 aromatic rings. The van der Waals surface area contributed by atoms with Crippen molar-refractivity contribution in [1.82, 2.24) is 16.0 Å². The molecule has 0 radical (unpaired) electrons. The second-order valence-corrected chi connectivity index (χ2v) is 6.87. The summed E-state index contributed by atoms with van der Waals surface area (Å²) in [7, 11) is 1.69. The van der Waals surface area contributed by atoms with Crippen LogP contribution < -0.4 is 20.7 Å². The van der Waals surface area contributed by atoms with Gasteiger partial charge < -0.3 is 25.4 Å².